The van der Waals surface area contributed by atoms with E-state index in [0.29, 0.717) is 20.0 Å². The van der Waals surface area contributed by atoms with Crippen LogP contribution in [0.25, 0.3) is 0 Å². The van der Waals surface area contributed by atoms with Crippen molar-refractivity contribution in [2.75, 3.05) is 25.8 Å². The quantitative estimate of drug-likeness (QED) is 0.630. The van der Waals surface area contributed by atoms with Crippen LogP contribution in [0.4, 0.5) is 0 Å². The summed E-state index contributed by atoms with van der Waals surface area (Å²) < 4.78 is 5.46. The van der Waals surface area contributed by atoms with Crippen molar-refractivity contribution in [2.24, 2.45) is 5.92 Å². The molecule has 112 valence electrons. The summed E-state index contributed by atoms with van der Waals surface area (Å²) in [5.41, 5.74) is 0. The normalized spacial score (nSPS) is 26.5. The smallest absolute Gasteiger partial charge is 0.137 e. The van der Waals surface area contributed by atoms with Crippen molar-refractivity contribution < 1.29 is 14.3 Å². The second-order valence-corrected chi connectivity index (χ2v) is 8.16. The Balaban J connectivity index is 2.21. The Bertz CT molecular complexity index is 253. The van der Waals surface area contributed by atoms with E-state index in [9.17, 15) is 4.89 Å². The first-order valence-electron chi connectivity index (χ1n) is 6.63. The molecule has 1 saturated carbocycles. The Morgan fingerprint density at radius 1 is 1.42 bits per heavy atom. The van der Waals surface area contributed by atoms with E-state index < -0.39 is 8.15 Å². The number of hydrogen-bond donors (Lipinski definition) is 2. The maximum atomic E-state index is 9.50. The highest BCUT2D eigenvalue weighted by Gasteiger charge is 2.22. The lowest BCUT2D eigenvalue weighted by Gasteiger charge is -2.29. The lowest BCUT2D eigenvalue weighted by atomic mass is 9.85. The maximum absolute atomic E-state index is 9.50. The predicted molar refractivity (Wildman–Crippen MR) is 87.8 cm³/mol. The van der Waals surface area contributed by atoms with Crippen molar-refractivity contribution in [3.8, 4) is 0 Å². The van der Waals surface area contributed by atoms with Gasteiger partial charge in [-0.2, -0.15) is 0 Å². The zero-order valence-electron chi connectivity index (χ0n) is 11.4. The van der Waals surface area contributed by atoms with Gasteiger partial charge in [0.25, 0.3) is 0 Å². The Morgan fingerprint density at radius 3 is 2.63 bits per heavy atom. The molecule has 1 aliphatic rings. The van der Waals surface area contributed by atoms with Gasteiger partial charge in [0.1, 0.15) is 7.58 Å². The van der Waals surface area contributed by atoms with Crippen LogP contribution in [-0.4, -0.2) is 46.6 Å². The Kier molecular flexibility index (Phi) is 10.5. The molecule has 0 heterocycles. The molecule has 2 N–H and O–H groups in total. The zero-order valence-corrected chi connectivity index (χ0v) is 15.0. The molecule has 0 spiro atoms. The highest BCUT2D eigenvalue weighted by Crippen LogP contribution is 2.31. The van der Waals surface area contributed by atoms with Crippen LogP contribution in [0.1, 0.15) is 32.1 Å². The zero-order chi connectivity index (χ0) is 14.1. The minimum atomic E-state index is -0.906. The Hall–Kier alpha value is 1.22. The molecule has 4 nitrogen and oxygen atoms in total. The van der Waals surface area contributed by atoms with E-state index in [1.54, 1.807) is 0 Å². The molecule has 2 atom stereocenters. The van der Waals surface area contributed by atoms with Crippen molar-refractivity contribution in [1.82, 2.24) is 4.90 Å². The van der Waals surface area contributed by atoms with Crippen LogP contribution in [-0.2, 0) is 16.3 Å². The lowest BCUT2D eigenvalue weighted by Crippen LogP contribution is -2.27. The number of nitrogens with zero attached hydrogens (tertiary/aromatic N) is 1. The van der Waals surface area contributed by atoms with E-state index in [1.807, 2.05) is 6.66 Å². The van der Waals surface area contributed by atoms with Crippen molar-refractivity contribution in [3.63, 3.8) is 0 Å². The van der Waals surface area contributed by atoms with E-state index >= 15 is 0 Å². The van der Waals surface area contributed by atoms with Gasteiger partial charge in [0.15, 0.2) is 0 Å². The van der Waals surface area contributed by atoms with Crippen LogP contribution in [0.15, 0.2) is 0 Å². The molecule has 1 aliphatic carbocycles. The topological polar surface area (TPSA) is 52.9 Å². The molecule has 0 aliphatic heterocycles. The third kappa shape index (κ3) is 8.29. The molecule has 0 radical (unpaired) electrons. The molecule has 1 rings (SSSR count). The summed E-state index contributed by atoms with van der Waals surface area (Å²) in [6.45, 7) is 2.84. The molecule has 1 fully saturated rings. The SMILES string of the molecule is CP(O)CN(CCC1CCC(OP=S)CC1)CPO. The first-order valence-corrected chi connectivity index (χ1v) is 11.5. The predicted octanol–water partition coefficient (Wildman–Crippen LogP) is 3.10. The average Bonchev–Trinajstić information content (AvgIpc) is 2.38. The van der Waals surface area contributed by atoms with E-state index in [2.05, 4.69) is 4.90 Å². The van der Waals surface area contributed by atoms with Crippen LogP contribution >= 0.6 is 24.5 Å². The van der Waals surface area contributed by atoms with Crippen molar-refractivity contribution in [1.29, 1.82) is 0 Å². The van der Waals surface area contributed by atoms with Crippen LogP contribution in [0.2, 0.25) is 0 Å². The fourth-order valence-corrected chi connectivity index (χ4v) is 4.72. The second-order valence-electron chi connectivity index (χ2n) is 5.12. The van der Waals surface area contributed by atoms with E-state index in [4.69, 9.17) is 21.2 Å². The van der Waals surface area contributed by atoms with Gasteiger partial charge in [-0.1, -0.05) is 0 Å². The molecule has 0 aromatic heterocycles. The van der Waals surface area contributed by atoms with Gasteiger partial charge in [-0.05, 0) is 63.0 Å². The van der Waals surface area contributed by atoms with Gasteiger partial charge in [-0.3, -0.25) is 4.90 Å². The van der Waals surface area contributed by atoms with E-state index in [-0.39, 0.29) is 8.81 Å². The average molecular weight is 343 g/mol. The standard InChI is InChI=1S/C11H24NO3P3S/c1-18(14)9-12(8-16-13)7-6-10-2-4-11(5-3-10)15-17-19/h10-11,13-14,16H,2-9H2,1H3. The van der Waals surface area contributed by atoms with Gasteiger partial charge >= 0.3 is 0 Å². The first kappa shape index (κ1) is 18.3. The molecular formula is C11H24NO3P3S. The van der Waals surface area contributed by atoms with Gasteiger partial charge in [0, 0.05) is 29.5 Å². The summed E-state index contributed by atoms with van der Waals surface area (Å²) in [5.74, 6) is 0.757. The fourth-order valence-electron chi connectivity index (χ4n) is 2.54. The Morgan fingerprint density at radius 2 is 2.11 bits per heavy atom. The number of rotatable bonds is 9. The van der Waals surface area contributed by atoms with Gasteiger partial charge in [-0.25, -0.2) is 0 Å². The van der Waals surface area contributed by atoms with Crippen molar-refractivity contribution in [3.05, 3.63) is 0 Å². The molecule has 0 aromatic carbocycles. The van der Waals surface area contributed by atoms with Gasteiger partial charge in [0.2, 0.25) is 0 Å². The summed E-state index contributed by atoms with van der Waals surface area (Å²) in [4.78, 5) is 20.8. The van der Waals surface area contributed by atoms with E-state index in [1.165, 1.54) is 12.8 Å². The third-order valence-corrected chi connectivity index (χ3v) is 5.58. The molecule has 2 unspecified atom stereocenters. The first-order chi connectivity index (χ1) is 9.15. The lowest BCUT2D eigenvalue weighted by molar-refractivity contribution is 0.145. The summed E-state index contributed by atoms with van der Waals surface area (Å²) in [6.07, 6.45) is 7.61. The largest absolute Gasteiger partial charge is 0.376 e. The monoisotopic (exact) mass is 343 g/mol. The molecule has 19 heavy (non-hydrogen) atoms. The Labute approximate surface area is 125 Å². The van der Waals surface area contributed by atoms with E-state index in [0.717, 1.165) is 38.0 Å². The summed E-state index contributed by atoms with van der Waals surface area (Å²) in [6, 6.07) is 0. The van der Waals surface area contributed by atoms with Gasteiger partial charge in [0.05, 0.1) is 6.10 Å². The number of hydrogen-bond acceptors (Lipinski definition) is 5. The molecular weight excluding hydrogens is 319 g/mol. The molecule has 0 bridgehead atoms. The van der Waals surface area contributed by atoms with Crippen molar-refractivity contribution in [2.45, 2.75) is 38.2 Å². The molecule has 0 aromatic rings. The summed E-state index contributed by atoms with van der Waals surface area (Å²) in [5, 5.41) is 0. The van der Waals surface area contributed by atoms with Crippen molar-refractivity contribution >= 4 is 36.3 Å². The fraction of sp³-hybridized carbons (Fsp3) is 1.00. The highest BCUT2D eigenvalue weighted by atomic mass is 32.4. The van der Waals surface area contributed by atoms with Crippen LogP contribution in [0.5, 0.6) is 0 Å². The summed E-state index contributed by atoms with van der Waals surface area (Å²) in [7, 11) is -0.330. The minimum absolute atomic E-state index is 0.0549. The van der Waals surface area contributed by atoms with Crippen LogP contribution in [0, 0.1) is 5.92 Å². The van der Waals surface area contributed by atoms with Gasteiger partial charge < -0.3 is 14.3 Å². The third-order valence-electron chi connectivity index (χ3n) is 3.54. The van der Waals surface area contributed by atoms with Crippen LogP contribution < -0.4 is 0 Å². The molecule has 0 saturated heterocycles. The molecule has 8 heteroatoms. The van der Waals surface area contributed by atoms with Gasteiger partial charge in [-0.15, -0.1) is 0 Å². The minimum Gasteiger partial charge on any atom is -0.376 e. The van der Waals surface area contributed by atoms with Crippen LogP contribution in [0.3, 0.4) is 0 Å². The second kappa shape index (κ2) is 10.9. The summed E-state index contributed by atoms with van der Waals surface area (Å²) >= 11 is 4.82. The highest BCUT2D eigenvalue weighted by molar-refractivity contribution is 7.94. The maximum Gasteiger partial charge on any atom is 0.137 e. The molecule has 0 amide bonds.